The van der Waals surface area contributed by atoms with Gasteiger partial charge in [0.1, 0.15) is 11.5 Å². The maximum atomic E-state index is 6.79. The van der Waals surface area contributed by atoms with E-state index in [0.717, 1.165) is 17.1 Å². The van der Waals surface area contributed by atoms with Crippen LogP contribution in [0.3, 0.4) is 0 Å². The lowest BCUT2D eigenvalue weighted by atomic mass is 9.65. The Morgan fingerprint density at radius 2 is 0.960 bits per heavy atom. The summed E-state index contributed by atoms with van der Waals surface area (Å²) in [5.74, 6) is 1.80. The van der Waals surface area contributed by atoms with E-state index in [-0.39, 0.29) is 5.41 Å². The highest BCUT2D eigenvalue weighted by Crippen LogP contribution is 2.60. The normalized spacial score (nSPS) is 18.4. The molecule has 1 heterocycles. The molecule has 0 fully saturated rings. The quantitative estimate of drug-likeness (QED) is 0.186. The molecule has 1 heteroatoms. The van der Waals surface area contributed by atoms with Gasteiger partial charge in [0.15, 0.2) is 0 Å². The molecule has 1 aliphatic carbocycles. The third-order valence-electron chi connectivity index (χ3n) is 11.3. The fourth-order valence-corrected chi connectivity index (χ4v) is 9.06. The van der Waals surface area contributed by atoms with Crippen LogP contribution in [0.25, 0.3) is 33.0 Å². The third-order valence-corrected chi connectivity index (χ3v) is 11.3. The van der Waals surface area contributed by atoms with Crippen LogP contribution in [0, 0.1) is 0 Å². The summed E-state index contributed by atoms with van der Waals surface area (Å²) in [7, 11) is 0. The molecule has 2 aliphatic rings. The van der Waals surface area contributed by atoms with Crippen molar-refractivity contribution in [2.75, 3.05) is 0 Å². The molecule has 0 aromatic heterocycles. The summed E-state index contributed by atoms with van der Waals surface area (Å²) in [6, 6.07) is 68.7. The Morgan fingerprint density at radius 1 is 0.400 bits per heavy atom. The van der Waals surface area contributed by atoms with Gasteiger partial charge in [0.2, 0.25) is 0 Å². The topological polar surface area (TPSA) is 9.23 Å². The number of fused-ring (bicyclic) bond motifs is 7. The van der Waals surface area contributed by atoms with E-state index in [9.17, 15) is 0 Å². The summed E-state index contributed by atoms with van der Waals surface area (Å²) in [6.07, 6.45) is 0. The molecular weight excluding hydrogens is 605 g/mol. The summed E-state index contributed by atoms with van der Waals surface area (Å²) in [5.41, 5.74) is 12.8. The van der Waals surface area contributed by atoms with E-state index in [0.29, 0.717) is 0 Å². The lowest BCUT2D eigenvalue weighted by Crippen LogP contribution is -2.30. The van der Waals surface area contributed by atoms with E-state index in [1.165, 1.54) is 66.4 Å². The summed E-state index contributed by atoms with van der Waals surface area (Å²) in [6.45, 7) is 2.33. The molecule has 0 saturated heterocycles. The number of ether oxygens (including phenoxy) is 1. The molecule has 2 atom stereocenters. The predicted octanol–water partition coefficient (Wildman–Crippen LogP) is 12.3. The van der Waals surface area contributed by atoms with Crippen molar-refractivity contribution in [3.05, 3.63) is 227 Å². The van der Waals surface area contributed by atoms with Gasteiger partial charge in [-0.1, -0.05) is 176 Å². The minimum absolute atomic E-state index is 0.362. The number of hydrogen-bond acceptors (Lipinski definition) is 1. The molecule has 0 spiro atoms. The van der Waals surface area contributed by atoms with Crippen LogP contribution in [0.2, 0.25) is 0 Å². The number of benzene rings is 8. The van der Waals surface area contributed by atoms with Gasteiger partial charge in [-0.15, -0.1) is 0 Å². The van der Waals surface area contributed by atoms with Crippen molar-refractivity contribution in [2.45, 2.75) is 17.8 Å². The average Bonchev–Trinajstić information content (AvgIpc) is 3.50. The van der Waals surface area contributed by atoms with Gasteiger partial charge in [-0.05, 0) is 79.9 Å². The zero-order valence-electron chi connectivity index (χ0n) is 27.8. The molecule has 236 valence electrons. The Bertz CT molecular complexity index is 2580. The first kappa shape index (κ1) is 28.8. The lowest BCUT2D eigenvalue weighted by Gasteiger charge is -2.38. The van der Waals surface area contributed by atoms with E-state index in [4.69, 9.17) is 4.74 Å². The van der Waals surface area contributed by atoms with Gasteiger partial charge in [-0.2, -0.15) is 0 Å². The number of rotatable bonds is 4. The molecule has 0 saturated carbocycles. The Morgan fingerprint density at radius 3 is 1.74 bits per heavy atom. The van der Waals surface area contributed by atoms with Gasteiger partial charge >= 0.3 is 0 Å². The molecule has 2 unspecified atom stereocenters. The largest absolute Gasteiger partial charge is 0.457 e. The fourth-order valence-electron chi connectivity index (χ4n) is 9.06. The molecule has 0 N–H and O–H groups in total. The highest BCUT2D eigenvalue weighted by atomic mass is 16.5. The van der Waals surface area contributed by atoms with Gasteiger partial charge in [-0.3, -0.25) is 0 Å². The van der Waals surface area contributed by atoms with Crippen molar-refractivity contribution in [3.8, 4) is 33.8 Å². The van der Waals surface area contributed by atoms with Gasteiger partial charge in [0.05, 0.1) is 5.41 Å². The Labute approximate surface area is 293 Å². The molecule has 1 nitrogen and oxygen atoms in total. The van der Waals surface area contributed by atoms with Crippen molar-refractivity contribution in [1.82, 2.24) is 0 Å². The molecule has 50 heavy (non-hydrogen) atoms. The Balaban J connectivity index is 1.25. The van der Waals surface area contributed by atoms with Gasteiger partial charge < -0.3 is 4.74 Å². The highest BCUT2D eigenvalue weighted by molar-refractivity contribution is 6.04. The highest BCUT2D eigenvalue weighted by Gasteiger charge is 2.48. The zero-order valence-corrected chi connectivity index (χ0v) is 27.8. The van der Waals surface area contributed by atoms with E-state index in [2.05, 4.69) is 195 Å². The van der Waals surface area contributed by atoms with Crippen LogP contribution in [-0.2, 0) is 10.8 Å². The number of para-hydroxylation sites is 1. The van der Waals surface area contributed by atoms with E-state index < -0.39 is 5.41 Å². The maximum absolute atomic E-state index is 6.79. The summed E-state index contributed by atoms with van der Waals surface area (Å²) in [4.78, 5) is 0. The van der Waals surface area contributed by atoms with Crippen LogP contribution in [0.15, 0.2) is 188 Å². The van der Waals surface area contributed by atoms with Crippen molar-refractivity contribution in [1.29, 1.82) is 0 Å². The van der Waals surface area contributed by atoms with Crippen LogP contribution in [0.5, 0.6) is 11.5 Å². The smallest absolute Gasteiger partial charge is 0.132 e. The van der Waals surface area contributed by atoms with Crippen LogP contribution in [0.4, 0.5) is 0 Å². The Kier molecular flexibility index (Phi) is 6.29. The van der Waals surface area contributed by atoms with Crippen LogP contribution < -0.4 is 4.74 Å². The molecule has 0 bridgehead atoms. The SMILES string of the molecule is CC1(c2ccccc2)c2ccccc2Oc2cc(-c3ccccc3C3(c4ccccc4)c4ccccc4-c4c3ccc3ccccc43)ccc21. The van der Waals surface area contributed by atoms with Gasteiger partial charge in [0, 0.05) is 16.5 Å². The van der Waals surface area contributed by atoms with Crippen LogP contribution in [-0.4, -0.2) is 0 Å². The van der Waals surface area contributed by atoms with Crippen molar-refractivity contribution >= 4 is 10.8 Å². The van der Waals surface area contributed by atoms with E-state index in [1.807, 2.05) is 0 Å². The standard InChI is InChI=1S/C49H34O/c1-48(35-17-4-2-5-18-35)42-26-14-15-27-45(42)50-46-32-34(29-30-43(46)48)37-21-10-12-24-40(37)49(36-19-6-3-7-20-36)41-25-13-11-23-39(41)47-38-22-9-8-16-33(38)28-31-44(47)49/h2-32H,1H3. The van der Waals surface area contributed by atoms with E-state index in [1.54, 1.807) is 0 Å². The second-order valence-corrected chi connectivity index (χ2v) is 13.7. The first-order chi connectivity index (χ1) is 24.7. The minimum atomic E-state index is -0.532. The van der Waals surface area contributed by atoms with Gasteiger partial charge in [-0.25, -0.2) is 0 Å². The molecule has 10 rings (SSSR count). The molecular formula is C49H34O. The van der Waals surface area contributed by atoms with Crippen molar-refractivity contribution in [2.24, 2.45) is 0 Å². The zero-order chi connectivity index (χ0) is 33.3. The first-order valence-electron chi connectivity index (χ1n) is 17.4. The maximum Gasteiger partial charge on any atom is 0.132 e. The Hall–Kier alpha value is -6.18. The summed E-state index contributed by atoms with van der Waals surface area (Å²) >= 11 is 0. The second kappa shape index (κ2) is 10.9. The molecule has 8 aromatic rings. The summed E-state index contributed by atoms with van der Waals surface area (Å²) in [5, 5.41) is 2.54. The molecule has 0 radical (unpaired) electrons. The van der Waals surface area contributed by atoms with E-state index >= 15 is 0 Å². The average molecular weight is 639 g/mol. The van der Waals surface area contributed by atoms with Crippen LogP contribution in [0.1, 0.15) is 45.9 Å². The van der Waals surface area contributed by atoms with Gasteiger partial charge in [0.25, 0.3) is 0 Å². The third kappa shape index (κ3) is 3.89. The fraction of sp³-hybridized carbons (Fsp3) is 0.0612. The summed E-state index contributed by atoms with van der Waals surface area (Å²) < 4.78 is 6.79. The number of hydrogen-bond donors (Lipinski definition) is 0. The van der Waals surface area contributed by atoms with Crippen molar-refractivity contribution < 1.29 is 4.74 Å². The van der Waals surface area contributed by atoms with Crippen molar-refractivity contribution in [3.63, 3.8) is 0 Å². The first-order valence-corrected chi connectivity index (χ1v) is 17.4. The van der Waals surface area contributed by atoms with Crippen LogP contribution >= 0.6 is 0 Å². The molecule has 0 amide bonds. The lowest BCUT2D eigenvalue weighted by molar-refractivity contribution is 0.427. The molecule has 8 aromatic carbocycles. The second-order valence-electron chi connectivity index (χ2n) is 13.7. The predicted molar refractivity (Wildman–Crippen MR) is 205 cm³/mol. The monoisotopic (exact) mass is 638 g/mol. The molecule has 1 aliphatic heterocycles. The minimum Gasteiger partial charge on any atom is -0.457 e.